The highest BCUT2D eigenvalue weighted by Crippen LogP contribution is 2.14. The van der Waals surface area contributed by atoms with Crippen LogP contribution in [0.4, 0.5) is 5.69 Å². The van der Waals surface area contributed by atoms with Crippen molar-refractivity contribution in [1.82, 2.24) is 4.90 Å². The van der Waals surface area contributed by atoms with Gasteiger partial charge in [-0.3, -0.25) is 14.4 Å². The molecular weight excluding hydrogens is 370 g/mol. The van der Waals surface area contributed by atoms with Gasteiger partial charge in [0.15, 0.2) is 6.61 Å². The maximum atomic E-state index is 12.7. The van der Waals surface area contributed by atoms with E-state index in [0.29, 0.717) is 18.0 Å². The minimum Gasteiger partial charge on any atom is -0.484 e. The minimum absolute atomic E-state index is 0.150. The number of hydrogen-bond acceptors (Lipinski definition) is 4. The Balaban J connectivity index is 1.95. The van der Waals surface area contributed by atoms with Gasteiger partial charge in [0.2, 0.25) is 11.8 Å². The third-order valence-electron chi connectivity index (χ3n) is 4.34. The fourth-order valence-corrected chi connectivity index (χ4v) is 2.82. The van der Waals surface area contributed by atoms with Crippen LogP contribution in [0, 0.1) is 0 Å². The maximum absolute atomic E-state index is 12.7. The monoisotopic (exact) mass is 397 g/mol. The zero-order valence-corrected chi connectivity index (χ0v) is 16.8. The maximum Gasteiger partial charge on any atom is 0.261 e. The molecule has 7 nitrogen and oxygen atoms in total. The van der Waals surface area contributed by atoms with Gasteiger partial charge in [-0.25, -0.2) is 0 Å². The average molecular weight is 397 g/mol. The van der Waals surface area contributed by atoms with Crippen LogP contribution in [0.1, 0.15) is 25.8 Å². The molecule has 2 aromatic carbocycles. The van der Waals surface area contributed by atoms with Crippen LogP contribution in [0.2, 0.25) is 0 Å². The summed E-state index contributed by atoms with van der Waals surface area (Å²) in [5.41, 5.74) is 6.63. The molecule has 1 unspecified atom stereocenters. The van der Waals surface area contributed by atoms with Crippen molar-refractivity contribution in [3.05, 3.63) is 60.2 Å². The fraction of sp³-hybridized carbons (Fsp3) is 0.318. The van der Waals surface area contributed by atoms with Gasteiger partial charge < -0.3 is 20.7 Å². The molecule has 29 heavy (non-hydrogen) atoms. The van der Waals surface area contributed by atoms with E-state index in [1.54, 1.807) is 43.3 Å². The molecule has 0 aliphatic rings. The molecule has 3 N–H and O–H groups in total. The van der Waals surface area contributed by atoms with Crippen molar-refractivity contribution in [1.29, 1.82) is 0 Å². The highest BCUT2D eigenvalue weighted by Gasteiger charge is 2.25. The molecule has 2 aromatic rings. The van der Waals surface area contributed by atoms with Crippen molar-refractivity contribution in [3.8, 4) is 5.75 Å². The lowest BCUT2D eigenvalue weighted by Crippen LogP contribution is -2.47. The number of rotatable bonds is 10. The zero-order chi connectivity index (χ0) is 21.2. The van der Waals surface area contributed by atoms with E-state index in [1.165, 1.54) is 4.90 Å². The van der Waals surface area contributed by atoms with Gasteiger partial charge in [0.1, 0.15) is 11.8 Å². The number of nitrogens with one attached hydrogen (secondary N) is 1. The summed E-state index contributed by atoms with van der Waals surface area (Å²) < 4.78 is 5.56. The number of hydrogen-bond donors (Lipinski definition) is 2. The molecule has 0 fully saturated rings. The first-order chi connectivity index (χ1) is 13.9. The number of primary amides is 1. The SMILES string of the molecule is CCCN(C(=O)COc1ccc(CC(N)=O)cc1)C(C)C(=O)Nc1ccccc1. The molecule has 7 heteroatoms. The van der Waals surface area contributed by atoms with Crippen molar-refractivity contribution >= 4 is 23.4 Å². The van der Waals surface area contributed by atoms with Crippen molar-refractivity contribution in [2.24, 2.45) is 5.73 Å². The van der Waals surface area contributed by atoms with Gasteiger partial charge in [-0.1, -0.05) is 37.3 Å². The molecule has 0 aliphatic carbocycles. The molecule has 0 heterocycles. The summed E-state index contributed by atoms with van der Waals surface area (Å²) in [6.45, 7) is 3.91. The number of nitrogens with two attached hydrogens (primary N) is 1. The van der Waals surface area contributed by atoms with Crippen LogP contribution < -0.4 is 15.8 Å². The highest BCUT2D eigenvalue weighted by molar-refractivity contribution is 5.97. The van der Waals surface area contributed by atoms with Gasteiger partial charge in [-0.2, -0.15) is 0 Å². The van der Waals surface area contributed by atoms with Gasteiger partial charge in [0.05, 0.1) is 6.42 Å². The van der Waals surface area contributed by atoms with Crippen LogP contribution in [0.15, 0.2) is 54.6 Å². The number of para-hydroxylation sites is 1. The second kappa shape index (κ2) is 10.8. The van der Waals surface area contributed by atoms with E-state index in [4.69, 9.17) is 10.5 Å². The van der Waals surface area contributed by atoms with Crippen molar-refractivity contribution < 1.29 is 19.1 Å². The molecule has 0 saturated carbocycles. The zero-order valence-electron chi connectivity index (χ0n) is 16.8. The van der Waals surface area contributed by atoms with Crippen LogP contribution in [0.25, 0.3) is 0 Å². The largest absolute Gasteiger partial charge is 0.484 e. The lowest BCUT2D eigenvalue weighted by molar-refractivity contribution is -0.139. The van der Waals surface area contributed by atoms with E-state index in [9.17, 15) is 14.4 Å². The van der Waals surface area contributed by atoms with Crippen molar-refractivity contribution in [2.45, 2.75) is 32.7 Å². The standard InChI is InChI=1S/C22H27N3O4/c1-3-13-25(16(2)22(28)24-18-7-5-4-6-8-18)21(27)15-29-19-11-9-17(10-12-19)14-20(23)26/h4-12,16H,3,13-15H2,1-2H3,(H2,23,26)(H,24,28). The highest BCUT2D eigenvalue weighted by atomic mass is 16.5. The number of carbonyl (C=O) groups excluding carboxylic acids is 3. The minimum atomic E-state index is -0.635. The summed E-state index contributed by atoms with van der Waals surface area (Å²) in [7, 11) is 0. The number of ether oxygens (including phenoxy) is 1. The van der Waals surface area contributed by atoms with Gasteiger partial charge in [-0.05, 0) is 43.2 Å². The molecule has 0 bridgehead atoms. The van der Waals surface area contributed by atoms with Crippen LogP contribution >= 0.6 is 0 Å². The van der Waals surface area contributed by atoms with Crippen LogP contribution in [0.5, 0.6) is 5.75 Å². The van der Waals surface area contributed by atoms with E-state index in [-0.39, 0.29) is 24.8 Å². The molecule has 3 amide bonds. The summed E-state index contributed by atoms with van der Waals surface area (Å²) in [5, 5.41) is 2.82. The molecule has 154 valence electrons. The normalized spacial score (nSPS) is 11.4. The van der Waals surface area contributed by atoms with E-state index < -0.39 is 11.9 Å². The summed E-state index contributed by atoms with van der Waals surface area (Å²) in [6, 6.07) is 15.3. The van der Waals surface area contributed by atoms with Crippen molar-refractivity contribution in [3.63, 3.8) is 0 Å². The second-order valence-corrected chi connectivity index (χ2v) is 6.69. The number of benzene rings is 2. The van der Waals surface area contributed by atoms with Crippen LogP contribution in [-0.4, -0.2) is 41.8 Å². The Kier molecular flexibility index (Phi) is 8.21. The first-order valence-corrected chi connectivity index (χ1v) is 9.56. The lowest BCUT2D eigenvalue weighted by Gasteiger charge is -2.28. The number of nitrogens with zero attached hydrogens (tertiary/aromatic N) is 1. The summed E-state index contributed by atoms with van der Waals surface area (Å²) in [6.07, 6.45) is 0.869. The topological polar surface area (TPSA) is 102 Å². The molecule has 0 radical (unpaired) electrons. The molecule has 0 spiro atoms. The molecule has 0 saturated heterocycles. The van der Waals surface area contributed by atoms with E-state index >= 15 is 0 Å². The Hall–Kier alpha value is -3.35. The Morgan fingerprint density at radius 2 is 1.72 bits per heavy atom. The molecule has 1 atom stereocenters. The molecule has 0 aromatic heterocycles. The predicted molar refractivity (Wildman–Crippen MR) is 111 cm³/mol. The van der Waals surface area contributed by atoms with E-state index in [1.807, 2.05) is 25.1 Å². The predicted octanol–water partition coefficient (Wildman–Crippen LogP) is 2.36. The van der Waals surface area contributed by atoms with Gasteiger partial charge in [0, 0.05) is 12.2 Å². The third kappa shape index (κ3) is 6.95. The Morgan fingerprint density at radius 1 is 1.07 bits per heavy atom. The smallest absolute Gasteiger partial charge is 0.261 e. The number of amides is 3. The second-order valence-electron chi connectivity index (χ2n) is 6.69. The summed E-state index contributed by atoms with van der Waals surface area (Å²) in [5.74, 6) is -0.436. The van der Waals surface area contributed by atoms with E-state index in [0.717, 1.165) is 12.0 Å². The van der Waals surface area contributed by atoms with Gasteiger partial charge in [-0.15, -0.1) is 0 Å². The summed E-state index contributed by atoms with van der Waals surface area (Å²) >= 11 is 0. The fourth-order valence-electron chi connectivity index (χ4n) is 2.82. The Morgan fingerprint density at radius 3 is 2.31 bits per heavy atom. The van der Waals surface area contributed by atoms with E-state index in [2.05, 4.69) is 5.32 Å². The number of anilines is 1. The Bertz CT molecular complexity index is 822. The Labute approximate surface area is 170 Å². The molecular formula is C22H27N3O4. The lowest BCUT2D eigenvalue weighted by atomic mass is 10.1. The first-order valence-electron chi connectivity index (χ1n) is 9.56. The average Bonchev–Trinajstić information content (AvgIpc) is 2.71. The van der Waals surface area contributed by atoms with Gasteiger partial charge >= 0.3 is 0 Å². The molecule has 2 rings (SSSR count). The molecule has 0 aliphatic heterocycles. The third-order valence-corrected chi connectivity index (χ3v) is 4.34. The first kappa shape index (κ1) is 21.9. The number of carbonyl (C=O) groups is 3. The van der Waals surface area contributed by atoms with Gasteiger partial charge in [0.25, 0.3) is 5.91 Å². The summed E-state index contributed by atoms with van der Waals surface area (Å²) in [4.78, 5) is 37.7. The van der Waals surface area contributed by atoms with Crippen molar-refractivity contribution in [2.75, 3.05) is 18.5 Å². The van der Waals surface area contributed by atoms with Crippen LogP contribution in [-0.2, 0) is 20.8 Å². The van der Waals surface area contributed by atoms with Crippen LogP contribution in [0.3, 0.4) is 0 Å². The quantitative estimate of drug-likeness (QED) is 0.642.